The number of rotatable bonds is 4. The Morgan fingerprint density at radius 2 is 2.00 bits per heavy atom. The normalized spacial score (nSPS) is 10.2. The lowest BCUT2D eigenvalue weighted by atomic mass is 10.1. The van der Waals surface area contributed by atoms with Crippen molar-refractivity contribution in [2.75, 3.05) is 14.2 Å². The van der Waals surface area contributed by atoms with E-state index < -0.39 is 0 Å². The average Bonchev–Trinajstić information content (AvgIpc) is 2.48. The molecule has 1 N–H and O–H groups in total. The van der Waals surface area contributed by atoms with Gasteiger partial charge < -0.3 is 14.7 Å². The number of carbonyl (C=O) groups excluding carboxylic acids is 1. The molecule has 1 amide bonds. The van der Waals surface area contributed by atoms with Crippen molar-refractivity contribution in [3.63, 3.8) is 0 Å². The summed E-state index contributed by atoms with van der Waals surface area (Å²) >= 11 is 3.37. The first kappa shape index (κ1) is 15.4. The molecule has 5 heteroatoms. The van der Waals surface area contributed by atoms with Crippen molar-refractivity contribution in [3.05, 3.63) is 58.1 Å². The van der Waals surface area contributed by atoms with Crippen molar-refractivity contribution < 1.29 is 14.6 Å². The molecule has 0 atom stereocenters. The minimum Gasteiger partial charge on any atom is -0.508 e. The van der Waals surface area contributed by atoms with Gasteiger partial charge in [0.15, 0.2) is 0 Å². The van der Waals surface area contributed by atoms with Crippen molar-refractivity contribution in [2.45, 2.75) is 6.54 Å². The van der Waals surface area contributed by atoms with Gasteiger partial charge in [0.2, 0.25) is 0 Å². The van der Waals surface area contributed by atoms with Crippen LogP contribution in [0.25, 0.3) is 0 Å². The summed E-state index contributed by atoms with van der Waals surface area (Å²) in [7, 11) is 3.28. The van der Waals surface area contributed by atoms with Crippen LogP contribution in [0.3, 0.4) is 0 Å². The van der Waals surface area contributed by atoms with Gasteiger partial charge >= 0.3 is 0 Å². The summed E-state index contributed by atoms with van der Waals surface area (Å²) in [5.74, 6) is 0.740. The predicted octanol–water partition coefficient (Wildman–Crippen LogP) is 3.44. The van der Waals surface area contributed by atoms with Gasteiger partial charge in [-0.1, -0.05) is 18.2 Å². The van der Waals surface area contributed by atoms with Crippen molar-refractivity contribution in [1.82, 2.24) is 4.90 Å². The lowest BCUT2D eigenvalue weighted by molar-refractivity contribution is 0.0784. The van der Waals surface area contributed by atoms with Gasteiger partial charge in [-0.05, 0) is 40.2 Å². The highest BCUT2D eigenvalue weighted by Crippen LogP contribution is 2.26. The minimum atomic E-state index is -0.124. The third-order valence-corrected chi connectivity index (χ3v) is 3.76. The van der Waals surface area contributed by atoms with Crippen LogP contribution < -0.4 is 4.74 Å². The average molecular weight is 350 g/mol. The second-order valence-corrected chi connectivity index (χ2v) is 5.49. The van der Waals surface area contributed by atoms with Gasteiger partial charge in [0, 0.05) is 24.7 Å². The molecule has 0 fully saturated rings. The molecule has 0 bridgehead atoms. The van der Waals surface area contributed by atoms with Crippen LogP contribution >= 0.6 is 15.9 Å². The molecule has 0 aliphatic carbocycles. The largest absolute Gasteiger partial charge is 0.508 e. The van der Waals surface area contributed by atoms with Crippen LogP contribution in [0.2, 0.25) is 0 Å². The summed E-state index contributed by atoms with van der Waals surface area (Å²) < 4.78 is 5.88. The number of amides is 1. The maximum atomic E-state index is 12.4. The molecule has 0 spiro atoms. The lowest BCUT2D eigenvalue weighted by Crippen LogP contribution is -2.26. The number of methoxy groups -OCH3 is 1. The monoisotopic (exact) mass is 349 g/mol. The number of ether oxygens (including phenoxy) is 1. The van der Waals surface area contributed by atoms with Gasteiger partial charge in [-0.2, -0.15) is 0 Å². The Hall–Kier alpha value is -2.01. The van der Waals surface area contributed by atoms with E-state index >= 15 is 0 Å². The molecule has 0 saturated carbocycles. The molecular formula is C16H16BrNO3. The van der Waals surface area contributed by atoms with E-state index in [1.165, 1.54) is 0 Å². The summed E-state index contributed by atoms with van der Waals surface area (Å²) in [5, 5.41) is 9.76. The SMILES string of the molecule is COc1ccc(C(=O)N(C)Cc2ccccc2O)cc1Br. The van der Waals surface area contributed by atoms with E-state index in [0.717, 1.165) is 4.47 Å². The Kier molecular flexibility index (Phi) is 4.85. The van der Waals surface area contributed by atoms with Crippen molar-refractivity contribution in [1.29, 1.82) is 0 Å². The Balaban J connectivity index is 2.16. The second-order valence-electron chi connectivity index (χ2n) is 4.64. The Bertz CT molecular complexity index is 658. The molecule has 0 aliphatic rings. The number of halogens is 1. The second kappa shape index (κ2) is 6.63. The molecule has 0 aliphatic heterocycles. The first-order chi connectivity index (χ1) is 10.0. The van der Waals surface area contributed by atoms with Gasteiger partial charge in [-0.3, -0.25) is 4.79 Å². The van der Waals surface area contributed by atoms with Crippen LogP contribution in [0.4, 0.5) is 0 Å². The molecule has 110 valence electrons. The smallest absolute Gasteiger partial charge is 0.253 e. The molecule has 2 rings (SSSR count). The Morgan fingerprint density at radius 3 is 2.62 bits per heavy atom. The van der Waals surface area contributed by atoms with Crippen molar-refractivity contribution in [3.8, 4) is 11.5 Å². The molecule has 4 nitrogen and oxygen atoms in total. The van der Waals surface area contributed by atoms with E-state index in [-0.39, 0.29) is 11.7 Å². The van der Waals surface area contributed by atoms with Gasteiger partial charge in [-0.15, -0.1) is 0 Å². The number of aromatic hydroxyl groups is 1. The molecule has 0 unspecified atom stereocenters. The number of para-hydroxylation sites is 1. The maximum Gasteiger partial charge on any atom is 0.253 e. The van der Waals surface area contributed by atoms with Gasteiger partial charge in [0.1, 0.15) is 11.5 Å². The number of hydrogen-bond acceptors (Lipinski definition) is 3. The lowest BCUT2D eigenvalue weighted by Gasteiger charge is -2.18. The molecular weight excluding hydrogens is 334 g/mol. The fourth-order valence-corrected chi connectivity index (χ4v) is 2.53. The molecule has 2 aromatic carbocycles. The summed E-state index contributed by atoms with van der Waals surface area (Å²) in [4.78, 5) is 14.0. The van der Waals surface area contributed by atoms with Gasteiger partial charge in [0.05, 0.1) is 11.6 Å². The predicted molar refractivity (Wildman–Crippen MR) is 84.6 cm³/mol. The molecule has 2 aromatic rings. The van der Waals surface area contributed by atoms with E-state index in [1.807, 2.05) is 6.07 Å². The maximum absolute atomic E-state index is 12.4. The molecule has 0 saturated heterocycles. The highest BCUT2D eigenvalue weighted by Gasteiger charge is 2.15. The van der Waals surface area contributed by atoms with Crippen LogP contribution in [0, 0.1) is 0 Å². The zero-order chi connectivity index (χ0) is 15.4. The number of hydrogen-bond donors (Lipinski definition) is 1. The Labute approximate surface area is 132 Å². The third-order valence-electron chi connectivity index (χ3n) is 3.14. The van der Waals surface area contributed by atoms with E-state index in [1.54, 1.807) is 55.5 Å². The van der Waals surface area contributed by atoms with Gasteiger partial charge in [-0.25, -0.2) is 0 Å². The van der Waals surface area contributed by atoms with E-state index in [9.17, 15) is 9.90 Å². The zero-order valence-electron chi connectivity index (χ0n) is 11.8. The molecule has 21 heavy (non-hydrogen) atoms. The van der Waals surface area contributed by atoms with E-state index in [0.29, 0.717) is 23.4 Å². The fourth-order valence-electron chi connectivity index (χ4n) is 1.99. The Morgan fingerprint density at radius 1 is 1.29 bits per heavy atom. The highest BCUT2D eigenvalue weighted by molar-refractivity contribution is 9.10. The van der Waals surface area contributed by atoms with Gasteiger partial charge in [0.25, 0.3) is 5.91 Å². The number of phenolic OH excluding ortho intramolecular Hbond substituents is 1. The standard InChI is InChI=1S/C16H16BrNO3/c1-18(10-12-5-3-4-6-14(12)19)16(20)11-7-8-15(21-2)13(17)9-11/h3-9,19H,10H2,1-2H3. The molecule has 0 heterocycles. The highest BCUT2D eigenvalue weighted by atomic mass is 79.9. The van der Waals surface area contributed by atoms with Crippen LogP contribution in [0.15, 0.2) is 46.9 Å². The van der Waals surface area contributed by atoms with Crippen molar-refractivity contribution in [2.24, 2.45) is 0 Å². The summed E-state index contributed by atoms with van der Waals surface area (Å²) in [6.45, 7) is 0.342. The zero-order valence-corrected chi connectivity index (χ0v) is 13.4. The number of benzene rings is 2. The van der Waals surface area contributed by atoms with Crippen LogP contribution in [-0.4, -0.2) is 30.1 Å². The summed E-state index contributed by atoms with van der Waals surface area (Å²) in [5.41, 5.74) is 1.27. The first-order valence-corrected chi connectivity index (χ1v) is 7.18. The molecule has 0 aromatic heterocycles. The van der Waals surface area contributed by atoms with Crippen molar-refractivity contribution >= 4 is 21.8 Å². The van der Waals surface area contributed by atoms with Crippen LogP contribution in [0.5, 0.6) is 11.5 Å². The molecule has 0 radical (unpaired) electrons. The van der Waals surface area contributed by atoms with E-state index in [4.69, 9.17) is 4.74 Å². The third kappa shape index (κ3) is 3.55. The quantitative estimate of drug-likeness (QED) is 0.919. The fraction of sp³-hybridized carbons (Fsp3) is 0.188. The topological polar surface area (TPSA) is 49.8 Å². The first-order valence-electron chi connectivity index (χ1n) is 6.39. The summed E-state index contributed by atoms with van der Waals surface area (Å²) in [6, 6.07) is 12.2. The van der Waals surface area contributed by atoms with Crippen LogP contribution in [-0.2, 0) is 6.54 Å². The summed E-state index contributed by atoms with van der Waals surface area (Å²) in [6.07, 6.45) is 0. The number of phenols is 1. The number of nitrogens with zero attached hydrogens (tertiary/aromatic N) is 1. The van der Waals surface area contributed by atoms with E-state index in [2.05, 4.69) is 15.9 Å². The van der Waals surface area contributed by atoms with Crippen LogP contribution in [0.1, 0.15) is 15.9 Å². The number of carbonyl (C=O) groups is 1. The minimum absolute atomic E-state index is 0.124.